The number of nitrogens with one attached hydrogen (secondary N) is 1. The van der Waals surface area contributed by atoms with Crippen LogP contribution >= 0.6 is 0 Å². The van der Waals surface area contributed by atoms with E-state index < -0.39 is 17.8 Å². The molecule has 0 aliphatic rings. The van der Waals surface area contributed by atoms with Gasteiger partial charge in [0.2, 0.25) is 0 Å². The summed E-state index contributed by atoms with van der Waals surface area (Å²) in [5.74, 6) is 0.620. The zero-order valence-corrected chi connectivity index (χ0v) is 14.0. The summed E-state index contributed by atoms with van der Waals surface area (Å²) in [6, 6.07) is 8.69. The third-order valence-electron chi connectivity index (χ3n) is 3.57. The molecule has 134 valence electrons. The van der Waals surface area contributed by atoms with Crippen LogP contribution in [0.2, 0.25) is 0 Å². The van der Waals surface area contributed by atoms with Crippen molar-refractivity contribution in [3.05, 3.63) is 58.7 Å². The minimum Gasteiger partial charge on any atom is -0.489 e. The molecule has 0 saturated heterocycles. The van der Waals surface area contributed by atoms with Gasteiger partial charge in [-0.3, -0.25) is 5.32 Å². The molecule has 0 saturated carbocycles. The largest absolute Gasteiger partial charge is 0.489 e. The van der Waals surface area contributed by atoms with Gasteiger partial charge < -0.3 is 9.47 Å². The first-order valence-corrected chi connectivity index (χ1v) is 7.46. The predicted octanol–water partition coefficient (Wildman–Crippen LogP) is 5.08. The summed E-state index contributed by atoms with van der Waals surface area (Å²) in [5.41, 5.74) is 1.51. The molecule has 7 heteroatoms. The number of hydrogen-bond acceptors (Lipinski definition) is 3. The second-order valence-electron chi connectivity index (χ2n) is 5.54. The third kappa shape index (κ3) is 4.89. The third-order valence-corrected chi connectivity index (χ3v) is 3.57. The standard InChI is InChI=1S/C18H18F3NO3/c1-11-4-7-16(12(2)8-11)25-10-13-5-6-14(18(19,20)21)9-15(13)22-17(23)24-3/h4-9H,10H2,1-3H3,(H,22,23). The predicted molar refractivity (Wildman–Crippen MR) is 87.7 cm³/mol. The van der Waals surface area contributed by atoms with E-state index in [1.54, 1.807) is 6.07 Å². The minimum atomic E-state index is -4.51. The topological polar surface area (TPSA) is 47.6 Å². The molecular formula is C18H18F3NO3. The molecule has 0 fully saturated rings. The van der Waals surface area contributed by atoms with E-state index >= 15 is 0 Å². The first-order valence-electron chi connectivity index (χ1n) is 7.46. The van der Waals surface area contributed by atoms with Gasteiger partial charge in [-0.15, -0.1) is 0 Å². The highest BCUT2D eigenvalue weighted by Crippen LogP contribution is 2.33. The molecule has 0 heterocycles. The number of benzene rings is 2. The Balaban J connectivity index is 2.27. The molecule has 0 spiro atoms. The summed E-state index contributed by atoms with van der Waals surface area (Å²) in [4.78, 5) is 11.4. The Labute approximate surface area is 143 Å². The van der Waals surface area contributed by atoms with Crippen LogP contribution in [0.4, 0.5) is 23.7 Å². The highest BCUT2D eigenvalue weighted by atomic mass is 19.4. The summed E-state index contributed by atoms with van der Waals surface area (Å²) in [6.07, 6.45) is -5.37. The number of carbonyl (C=O) groups is 1. The number of aryl methyl sites for hydroxylation is 2. The molecule has 2 aromatic rings. The molecule has 4 nitrogen and oxygen atoms in total. The zero-order chi connectivity index (χ0) is 18.6. The maximum absolute atomic E-state index is 12.9. The second-order valence-corrected chi connectivity index (χ2v) is 5.54. The van der Waals surface area contributed by atoms with Crippen molar-refractivity contribution < 1.29 is 27.4 Å². The van der Waals surface area contributed by atoms with Crippen LogP contribution in [0.5, 0.6) is 5.75 Å². The van der Waals surface area contributed by atoms with Crippen LogP contribution in [0.15, 0.2) is 36.4 Å². The molecule has 0 bridgehead atoms. The van der Waals surface area contributed by atoms with Crippen molar-refractivity contribution in [2.45, 2.75) is 26.6 Å². The van der Waals surface area contributed by atoms with E-state index in [0.717, 1.165) is 30.4 Å². The van der Waals surface area contributed by atoms with Crippen molar-refractivity contribution >= 4 is 11.8 Å². The Bertz CT molecular complexity index is 773. The van der Waals surface area contributed by atoms with Crippen LogP contribution in [0, 0.1) is 13.8 Å². The zero-order valence-electron chi connectivity index (χ0n) is 14.0. The maximum atomic E-state index is 12.9. The summed E-state index contributed by atoms with van der Waals surface area (Å²) in [7, 11) is 1.13. The Morgan fingerprint density at radius 1 is 1.12 bits per heavy atom. The monoisotopic (exact) mass is 353 g/mol. The average molecular weight is 353 g/mol. The number of rotatable bonds is 4. The molecule has 0 unspecified atom stereocenters. The maximum Gasteiger partial charge on any atom is 0.416 e. The Morgan fingerprint density at radius 3 is 2.44 bits per heavy atom. The molecule has 0 aromatic heterocycles. The SMILES string of the molecule is COC(=O)Nc1cc(C(F)(F)F)ccc1COc1ccc(C)cc1C. The number of amides is 1. The minimum absolute atomic E-state index is 0.00135. The molecule has 0 atom stereocenters. The second kappa shape index (κ2) is 7.46. The molecule has 1 N–H and O–H groups in total. The van der Waals surface area contributed by atoms with Crippen molar-refractivity contribution in [3.63, 3.8) is 0 Å². The van der Waals surface area contributed by atoms with E-state index in [4.69, 9.17) is 4.74 Å². The number of carbonyl (C=O) groups excluding carboxylic acids is 1. The van der Waals surface area contributed by atoms with Crippen molar-refractivity contribution in [2.24, 2.45) is 0 Å². The van der Waals surface area contributed by atoms with Gasteiger partial charge in [0, 0.05) is 5.56 Å². The fourth-order valence-electron chi connectivity index (χ4n) is 2.27. The fourth-order valence-corrected chi connectivity index (χ4v) is 2.27. The summed E-state index contributed by atoms with van der Waals surface area (Å²) in [6.45, 7) is 3.83. The van der Waals surface area contributed by atoms with Crippen LogP contribution in [-0.2, 0) is 17.5 Å². The van der Waals surface area contributed by atoms with Gasteiger partial charge in [-0.2, -0.15) is 13.2 Å². The summed E-state index contributed by atoms with van der Waals surface area (Å²) < 4.78 is 48.8. The van der Waals surface area contributed by atoms with E-state index in [0.29, 0.717) is 11.3 Å². The van der Waals surface area contributed by atoms with Crippen LogP contribution < -0.4 is 10.1 Å². The lowest BCUT2D eigenvalue weighted by Crippen LogP contribution is -2.15. The van der Waals surface area contributed by atoms with Gasteiger partial charge in [0.1, 0.15) is 12.4 Å². The molecular weight excluding hydrogens is 335 g/mol. The fraction of sp³-hybridized carbons (Fsp3) is 0.278. The molecule has 0 radical (unpaired) electrons. The smallest absolute Gasteiger partial charge is 0.416 e. The average Bonchev–Trinajstić information content (AvgIpc) is 2.53. The van der Waals surface area contributed by atoms with Crippen molar-refractivity contribution in [3.8, 4) is 5.75 Å². The van der Waals surface area contributed by atoms with Gasteiger partial charge >= 0.3 is 12.3 Å². The molecule has 0 aliphatic heterocycles. The van der Waals surface area contributed by atoms with Crippen LogP contribution in [-0.4, -0.2) is 13.2 Å². The normalized spacial score (nSPS) is 11.1. The molecule has 2 aromatic carbocycles. The van der Waals surface area contributed by atoms with E-state index in [2.05, 4.69) is 10.1 Å². The lowest BCUT2D eigenvalue weighted by atomic mass is 10.1. The molecule has 1 amide bonds. The van der Waals surface area contributed by atoms with Crippen LogP contribution in [0.3, 0.4) is 0 Å². The molecule has 25 heavy (non-hydrogen) atoms. The number of halogens is 3. The number of hydrogen-bond donors (Lipinski definition) is 1. The summed E-state index contributed by atoms with van der Waals surface area (Å²) >= 11 is 0. The highest BCUT2D eigenvalue weighted by molar-refractivity contribution is 5.85. The van der Waals surface area contributed by atoms with Gasteiger partial charge in [-0.1, -0.05) is 23.8 Å². The van der Waals surface area contributed by atoms with Gasteiger partial charge in [0.05, 0.1) is 18.4 Å². The van der Waals surface area contributed by atoms with E-state index in [-0.39, 0.29) is 12.3 Å². The van der Waals surface area contributed by atoms with Gasteiger partial charge in [-0.05, 0) is 37.6 Å². The first-order chi connectivity index (χ1) is 11.7. The lowest BCUT2D eigenvalue weighted by Gasteiger charge is -2.15. The van der Waals surface area contributed by atoms with E-state index in [1.807, 2.05) is 26.0 Å². The van der Waals surface area contributed by atoms with Gasteiger partial charge in [0.25, 0.3) is 0 Å². The van der Waals surface area contributed by atoms with E-state index in [1.165, 1.54) is 6.07 Å². The number of ether oxygens (including phenoxy) is 2. The van der Waals surface area contributed by atoms with Crippen LogP contribution in [0.25, 0.3) is 0 Å². The van der Waals surface area contributed by atoms with E-state index in [9.17, 15) is 18.0 Å². The van der Waals surface area contributed by atoms with Crippen molar-refractivity contribution in [2.75, 3.05) is 12.4 Å². The van der Waals surface area contributed by atoms with Gasteiger partial charge in [-0.25, -0.2) is 4.79 Å². The number of methoxy groups -OCH3 is 1. The Morgan fingerprint density at radius 2 is 1.84 bits per heavy atom. The molecule has 0 aliphatic carbocycles. The number of alkyl halides is 3. The quantitative estimate of drug-likeness (QED) is 0.834. The number of anilines is 1. The van der Waals surface area contributed by atoms with Crippen LogP contribution in [0.1, 0.15) is 22.3 Å². The van der Waals surface area contributed by atoms with Gasteiger partial charge in [0.15, 0.2) is 0 Å². The lowest BCUT2D eigenvalue weighted by molar-refractivity contribution is -0.137. The highest BCUT2D eigenvalue weighted by Gasteiger charge is 2.31. The first kappa shape index (κ1) is 18.6. The Kier molecular flexibility index (Phi) is 5.56. The Hall–Kier alpha value is -2.70. The summed E-state index contributed by atoms with van der Waals surface area (Å²) in [5, 5.41) is 2.29. The van der Waals surface area contributed by atoms with Crippen molar-refractivity contribution in [1.29, 1.82) is 0 Å². The van der Waals surface area contributed by atoms with Crippen molar-refractivity contribution in [1.82, 2.24) is 0 Å². The molecule has 2 rings (SSSR count).